The number of aromatic nitrogens is 3. The van der Waals surface area contributed by atoms with Crippen molar-refractivity contribution in [2.75, 3.05) is 38.1 Å². The average Bonchev–Trinajstić information content (AvgIpc) is 3.21. The number of halogens is 2. The molecule has 3 heterocycles. The number of pyridine rings is 1. The zero-order valence-electron chi connectivity index (χ0n) is 17.7. The van der Waals surface area contributed by atoms with Crippen LogP contribution in [0.4, 0.5) is 10.1 Å². The lowest BCUT2D eigenvalue weighted by Gasteiger charge is -2.37. The molecule has 0 bridgehead atoms. The summed E-state index contributed by atoms with van der Waals surface area (Å²) in [6.45, 7) is 5.66. The molecule has 164 valence electrons. The number of hydrogen-bond donors (Lipinski definition) is 1. The number of rotatable bonds is 4. The first-order valence-corrected chi connectivity index (χ1v) is 10.1. The summed E-state index contributed by atoms with van der Waals surface area (Å²) in [5, 5.41) is 3.41. The minimum absolute atomic E-state index is 0. The van der Waals surface area contributed by atoms with Gasteiger partial charge in [-0.1, -0.05) is 18.2 Å². The molecular weight excluding hydrogens is 508 g/mol. The Labute approximate surface area is 199 Å². The Bertz CT molecular complexity index is 1010. The molecule has 7 nitrogen and oxygen atoms in total. The van der Waals surface area contributed by atoms with Crippen LogP contribution in [-0.2, 0) is 6.54 Å². The van der Waals surface area contributed by atoms with Crippen LogP contribution in [0.3, 0.4) is 0 Å². The number of nitrogens with one attached hydrogen (secondary N) is 1. The Kier molecular flexibility index (Phi) is 7.83. The molecule has 0 amide bonds. The van der Waals surface area contributed by atoms with Crippen LogP contribution in [0.15, 0.2) is 60.0 Å². The normalized spacial score (nSPS) is 14.4. The maximum atomic E-state index is 14.0. The number of hydrogen-bond acceptors (Lipinski definition) is 4. The van der Waals surface area contributed by atoms with Crippen molar-refractivity contribution >= 4 is 35.6 Å². The van der Waals surface area contributed by atoms with Gasteiger partial charge in [0.2, 0.25) is 0 Å². The second kappa shape index (κ2) is 10.6. The molecule has 2 aromatic heterocycles. The van der Waals surface area contributed by atoms with Gasteiger partial charge >= 0.3 is 0 Å². The third-order valence-electron chi connectivity index (χ3n) is 5.32. The van der Waals surface area contributed by atoms with Crippen molar-refractivity contribution in [2.45, 2.75) is 13.5 Å². The number of imidazole rings is 1. The van der Waals surface area contributed by atoms with Gasteiger partial charge in [0.05, 0.1) is 5.69 Å². The highest BCUT2D eigenvalue weighted by Gasteiger charge is 2.21. The quantitative estimate of drug-likeness (QED) is 0.316. The van der Waals surface area contributed by atoms with Crippen LogP contribution in [0.1, 0.15) is 11.4 Å². The Morgan fingerprint density at radius 1 is 1.10 bits per heavy atom. The van der Waals surface area contributed by atoms with Gasteiger partial charge in [0.15, 0.2) is 5.96 Å². The number of para-hydroxylation sites is 1. The van der Waals surface area contributed by atoms with Crippen LogP contribution in [0.25, 0.3) is 5.82 Å². The number of aliphatic imine (C=N–C) groups is 1. The van der Waals surface area contributed by atoms with Crippen molar-refractivity contribution in [3.05, 3.63) is 72.2 Å². The predicted octanol–water partition coefficient (Wildman–Crippen LogP) is 3.23. The third kappa shape index (κ3) is 5.33. The van der Waals surface area contributed by atoms with Gasteiger partial charge in [-0.2, -0.15) is 0 Å². The Balaban J connectivity index is 0.00000272. The number of guanidine groups is 1. The minimum Gasteiger partial charge on any atom is -0.366 e. The van der Waals surface area contributed by atoms with Crippen molar-refractivity contribution < 1.29 is 4.39 Å². The van der Waals surface area contributed by atoms with E-state index in [0.29, 0.717) is 12.2 Å². The summed E-state index contributed by atoms with van der Waals surface area (Å²) in [7, 11) is 1.79. The molecule has 0 unspecified atom stereocenters. The number of nitrogens with zero attached hydrogens (tertiary/aromatic N) is 6. The molecule has 0 radical (unpaired) electrons. The average molecular weight is 535 g/mol. The van der Waals surface area contributed by atoms with Crippen LogP contribution in [-0.4, -0.2) is 58.6 Å². The van der Waals surface area contributed by atoms with Crippen LogP contribution < -0.4 is 10.2 Å². The number of benzene rings is 1. The molecule has 1 aromatic carbocycles. The molecule has 1 aliphatic rings. The highest BCUT2D eigenvalue weighted by molar-refractivity contribution is 14.0. The van der Waals surface area contributed by atoms with E-state index in [9.17, 15) is 4.39 Å². The number of aryl methyl sites for hydroxylation is 1. The summed E-state index contributed by atoms with van der Waals surface area (Å²) in [6, 6.07) is 11.0. The van der Waals surface area contributed by atoms with Gasteiger partial charge < -0.3 is 15.1 Å². The minimum atomic E-state index is -0.171. The van der Waals surface area contributed by atoms with E-state index in [-0.39, 0.29) is 29.8 Å². The van der Waals surface area contributed by atoms with Crippen LogP contribution in [0.2, 0.25) is 0 Å². The van der Waals surface area contributed by atoms with Crippen molar-refractivity contribution in [2.24, 2.45) is 4.99 Å². The highest BCUT2D eigenvalue weighted by Crippen LogP contribution is 2.20. The fourth-order valence-corrected chi connectivity index (χ4v) is 3.66. The summed E-state index contributed by atoms with van der Waals surface area (Å²) in [5.41, 5.74) is 1.74. The summed E-state index contributed by atoms with van der Waals surface area (Å²) in [6.07, 6.45) is 5.53. The van der Waals surface area contributed by atoms with Crippen molar-refractivity contribution in [1.82, 2.24) is 24.8 Å². The SMILES string of the molecule is CN=C(NCc1ccc(-n2ccnc2C)nc1)N1CCN(c2ccccc2F)CC1.I. The first-order valence-electron chi connectivity index (χ1n) is 10.1. The third-order valence-corrected chi connectivity index (χ3v) is 5.32. The standard InChI is InChI=1S/C22H26FN7.HI/c1-17-25-9-10-30(17)21-8-7-18(15-26-21)16-27-22(24-2)29-13-11-28(12-14-29)20-6-4-3-5-19(20)23;/h3-10,15H,11-14,16H2,1-2H3,(H,24,27);1H. The van der Waals surface area contributed by atoms with Gasteiger partial charge in [0.1, 0.15) is 17.5 Å². The van der Waals surface area contributed by atoms with E-state index in [1.807, 2.05) is 42.1 Å². The smallest absolute Gasteiger partial charge is 0.194 e. The predicted molar refractivity (Wildman–Crippen MR) is 132 cm³/mol. The second-order valence-electron chi connectivity index (χ2n) is 7.20. The monoisotopic (exact) mass is 535 g/mol. The molecule has 9 heteroatoms. The molecule has 4 rings (SSSR count). The molecular formula is C22H27FIN7. The van der Waals surface area contributed by atoms with E-state index in [1.54, 1.807) is 19.3 Å². The van der Waals surface area contributed by atoms with Crippen molar-refractivity contribution in [3.8, 4) is 5.82 Å². The number of anilines is 1. The van der Waals surface area contributed by atoms with E-state index in [4.69, 9.17) is 0 Å². The molecule has 1 aliphatic heterocycles. The van der Waals surface area contributed by atoms with Crippen molar-refractivity contribution in [3.63, 3.8) is 0 Å². The summed E-state index contributed by atoms with van der Waals surface area (Å²) >= 11 is 0. The highest BCUT2D eigenvalue weighted by atomic mass is 127. The zero-order chi connectivity index (χ0) is 20.9. The van der Waals surface area contributed by atoms with Gasteiger partial charge in [-0.25, -0.2) is 14.4 Å². The first kappa shape index (κ1) is 23.0. The van der Waals surface area contributed by atoms with E-state index in [1.165, 1.54) is 6.07 Å². The van der Waals surface area contributed by atoms with Crippen LogP contribution in [0.5, 0.6) is 0 Å². The van der Waals surface area contributed by atoms with E-state index >= 15 is 0 Å². The molecule has 31 heavy (non-hydrogen) atoms. The van der Waals surface area contributed by atoms with Crippen LogP contribution >= 0.6 is 24.0 Å². The summed E-state index contributed by atoms with van der Waals surface area (Å²) in [4.78, 5) is 17.5. The summed E-state index contributed by atoms with van der Waals surface area (Å²) < 4.78 is 16.0. The van der Waals surface area contributed by atoms with Gasteiger partial charge in [-0.05, 0) is 30.7 Å². The molecule has 1 fully saturated rings. The topological polar surface area (TPSA) is 61.6 Å². The van der Waals surface area contributed by atoms with E-state index in [2.05, 4.69) is 36.1 Å². The maximum Gasteiger partial charge on any atom is 0.194 e. The molecule has 1 saturated heterocycles. The summed E-state index contributed by atoms with van der Waals surface area (Å²) in [5.74, 6) is 2.43. The van der Waals surface area contributed by atoms with Gasteiger partial charge in [-0.15, -0.1) is 24.0 Å². The lowest BCUT2D eigenvalue weighted by Crippen LogP contribution is -2.52. The zero-order valence-corrected chi connectivity index (χ0v) is 20.0. The largest absolute Gasteiger partial charge is 0.366 e. The Morgan fingerprint density at radius 3 is 2.48 bits per heavy atom. The lowest BCUT2D eigenvalue weighted by atomic mass is 10.2. The molecule has 0 saturated carbocycles. The van der Waals surface area contributed by atoms with E-state index in [0.717, 1.165) is 49.3 Å². The molecule has 0 aliphatic carbocycles. The molecule has 0 atom stereocenters. The fourth-order valence-electron chi connectivity index (χ4n) is 3.66. The van der Waals surface area contributed by atoms with Crippen molar-refractivity contribution in [1.29, 1.82) is 0 Å². The molecule has 3 aromatic rings. The van der Waals surface area contributed by atoms with Gasteiger partial charge in [0, 0.05) is 58.4 Å². The molecule has 0 spiro atoms. The lowest BCUT2D eigenvalue weighted by molar-refractivity contribution is 0.370. The fraction of sp³-hybridized carbons (Fsp3) is 0.318. The number of piperazine rings is 1. The van der Waals surface area contributed by atoms with Crippen LogP contribution in [0, 0.1) is 12.7 Å². The maximum absolute atomic E-state index is 14.0. The molecule has 1 N–H and O–H groups in total. The Morgan fingerprint density at radius 2 is 1.87 bits per heavy atom. The van der Waals surface area contributed by atoms with Gasteiger partial charge in [-0.3, -0.25) is 9.56 Å². The Hall–Kier alpha value is -2.69. The first-order chi connectivity index (χ1) is 14.7. The van der Waals surface area contributed by atoms with E-state index < -0.39 is 0 Å². The van der Waals surface area contributed by atoms with Gasteiger partial charge in [0.25, 0.3) is 0 Å². The second-order valence-corrected chi connectivity index (χ2v) is 7.20.